The highest BCUT2D eigenvalue weighted by atomic mass is 31.2. The lowest BCUT2D eigenvalue weighted by Gasteiger charge is -2.21. The van der Waals surface area contributed by atoms with Gasteiger partial charge in [0.1, 0.15) is 19.3 Å². The lowest BCUT2D eigenvalue weighted by atomic mass is 10.0. The third-order valence-corrected chi connectivity index (χ3v) is 19.6. The third-order valence-electron chi connectivity index (χ3n) is 17.7. The molecule has 620 valence electrons. The van der Waals surface area contributed by atoms with E-state index in [1.165, 1.54) is 154 Å². The minimum atomic E-state index is -5.02. The molecule has 3 N–H and O–H groups in total. The van der Waals surface area contributed by atoms with E-state index in [-0.39, 0.29) is 25.7 Å². The first-order chi connectivity index (χ1) is 52.7. The Kier molecular flexibility index (Phi) is 76.7. The Balaban J connectivity index is 5.49. The molecule has 0 aromatic carbocycles. The molecule has 0 radical (unpaired) electrons. The van der Waals surface area contributed by atoms with Crippen molar-refractivity contribution in [1.82, 2.24) is 0 Å². The summed E-state index contributed by atoms with van der Waals surface area (Å²) >= 11 is 0. The van der Waals surface area contributed by atoms with Crippen molar-refractivity contribution in [2.75, 3.05) is 39.6 Å². The van der Waals surface area contributed by atoms with Gasteiger partial charge in [0.25, 0.3) is 0 Å². The maximum atomic E-state index is 13.1. The van der Waals surface area contributed by atoms with E-state index in [1.54, 1.807) is 0 Å². The Morgan fingerprint density at radius 2 is 0.500 bits per heavy atom. The molecule has 17 nitrogen and oxygen atoms in total. The van der Waals surface area contributed by atoms with Gasteiger partial charge in [-0.15, -0.1) is 0 Å². The summed E-state index contributed by atoms with van der Waals surface area (Å²) in [5, 5.41) is 10.7. The van der Waals surface area contributed by atoms with Crippen LogP contribution in [-0.4, -0.2) is 96.7 Å². The SMILES string of the molecule is CC/C=C\C/C=C\C/C=C\C/C=C\C/C=C\C/C=C\CCC(=O)O[C@H](COC(=O)CC/C=C\C/C=C\C/C=C\C/C=C\C/C=C\CCCCC)COP(=O)(O)OC[C@@H](O)COP(=O)(O)OC[C@@H](COC(=O)CCCCCCCCCCCCCCCCC)OC(=O)CCCCCCCCCCCCCCCCC. The number of esters is 4. The molecule has 0 bridgehead atoms. The zero-order chi connectivity index (χ0) is 78.9. The van der Waals surface area contributed by atoms with Crippen LogP contribution in [0, 0.1) is 0 Å². The first kappa shape index (κ1) is 103. The van der Waals surface area contributed by atoms with Crippen LogP contribution >= 0.6 is 15.6 Å². The highest BCUT2D eigenvalue weighted by Gasteiger charge is 2.30. The minimum Gasteiger partial charge on any atom is -0.462 e. The van der Waals surface area contributed by atoms with E-state index < -0.39 is 97.5 Å². The highest BCUT2D eigenvalue weighted by molar-refractivity contribution is 7.47. The molecule has 2 unspecified atom stereocenters. The number of unbranched alkanes of at least 4 members (excludes halogenated alkanes) is 31. The number of hydrogen-bond acceptors (Lipinski definition) is 15. The average molecular weight is 1560 g/mol. The first-order valence-electron chi connectivity index (χ1n) is 42.4. The molecule has 0 saturated heterocycles. The van der Waals surface area contributed by atoms with Crippen molar-refractivity contribution in [1.29, 1.82) is 0 Å². The summed E-state index contributed by atoms with van der Waals surface area (Å²) in [4.78, 5) is 73.1. The normalized spacial score (nSPS) is 14.5. The molecule has 0 spiro atoms. The maximum absolute atomic E-state index is 13.1. The van der Waals surface area contributed by atoms with Crippen LogP contribution in [0.4, 0.5) is 0 Å². The molecule has 19 heteroatoms. The summed E-state index contributed by atoms with van der Waals surface area (Å²) in [6, 6.07) is 0. The van der Waals surface area contributed by atoms with Crippen LogP contribution in [0.5, 0.6) is 0 Å². The molecule has 0 aliphatic heterocycles. The van der Waals surface area contributed by atoms with Crippen LogP contribution in [0.2, 0.25) is 0 Å². The Morgan fingerprint density at radius 1 is 0.269 bits per heavy atom. The second-order valence-electron chi connectivity index (χ2n) is 28.1. The van der Waals surface area contributed by atoms with Crippen molar-refractivity contribution in [3.05, 3.63) is 134 Å². The molecule has 108 heavy (non-hydrogen) atoms. The number of aliphatic hydroxyl groups is 1. The van der Waals surface area contributed by atoms with Crippen molar-refractivity contribution in [3.63, 3.8) is 0 Å². The highest BCUT2D eigenvalue weighted by Crippen LogP contribution is 2.45. The van der Waals surface area contributed by atoms with Crippen LogP contribution in [0.3, 0.4) is 0 Å². The molecular weight excluding hydrogens is 1400 g/mol. The lowest BCUT2D eigenvalue weighted by Crippen LogP contribution is -2.30. The fourth-order valence-corrected chi connectivity index (χ4v) is 12.8. The number of phosphoric ester groups is 2. The van der Waals surface area contributed by atoms with Gasteiger partial charge in [0.05, 0.1) is 26.4 Å². The Hall–Kier alpha value is -4.80. The predicted molar refractivity (Wildman–Crippen MR) is 445 cm³/mol. The van der Waals surface area contributed by atoms with E-state index in [0.29, 0.717) is 38.5 Å². The molecule has 5 atom stereocenters. The lowest BCUT2D eigenvalue weighted by molar-refractivity contribution is -0.161. The first-order valence-corrected chi connectivity index (χ1v) is 45.4. The van der Waals surface area contributed by atoms with Crippen molar-refractivity contribution in [2.45, 2.75) is 367 Å². The molecule has 0 rings (SSSR count). The fourth-order valence-electron chi connectivity index (χ4n) is 11.2. The quantitative estimate of drug-likeness (QED) is 0.0169. The van der Waals surface area contributed by atoms with E-state index in [9.17, 15) is 43.2 Å². The summed E-state index contributed by atoms with van der Waals surface area (Å²) in [5.74, 6) is -2.35. The number of aliphatic hydroxyl groups excluding tert-OH is 1. The second kappa shape index (κ2) is 80.3. The number of carbonyl (C=O) groups is 4. The summed E-state index contributed by atoms with van der Waals surface area (Å²) in [6.45, 7) is 4.62. The largest absolute Gasteiger partial charge is 0.472 e. The van der Waals surface area contributed by atoms with E-state index in [4.69, 9.17) is 37.0 Å². The van der Waals surface area contributed by atoms with Gasteiger partial charge in [-0.05, 0) is 103 Å². The van der Waals surface area contributed by atoms with Gasteiger partial charge in [-0.1, -0.05) is 354 Å². The molecule has 0 fully saturated rings. The van der Waals surface area contributed by atoms with Gasteiger partial charge >= 0.3 is 39.5 Å². The van der Waals surface area contributed by atoms with Gasteiger partial charge in [0.15, 0.2) is 12.2 Å². The van der Waals surface area contributed by atoms with Gasteiger partial charge in [0.2, 0.25) is 0 Å². The summed E-state index contributed by atoms with van der Waals surface area (Å²) < 4.78 is 68.6. The van der Waals surface area contributed by atoms with Crippen LogP contribution in [0.1, 0.15) is 349 Å². The van der Waals surface area contributed by atoms with Crippen molar-refractivity contribution < 1.29 is 80.2 Å². The van der Waals surface area contributed by atoms with Crippen LogP contribution < -0.4 is 0 Å². The van der Waals surface area contributed by atoms with Gasteiger partial charge in [-0.25, -0.2) is 9.13 Å². The smallest absolute Gasteiger partial charge is 0.462 e. The second-order valence-corrected chi connectivity index (χ2v) is 31.0. The zero-order valence-electron chi connectivity index (χ0n) is 68.0. The maximum Gasteiger partial charge on any atom is 0.472 e. The number of phosphoric acid groups is 2. The molecule has 0 aromatic heterocycles. The molecular formula is C89H152O17P2. The molecule has 0 amide bonds. The van der Waals surface area contributed by atoms with E-state index in [1.807, 2.05) is 36.5 Å². The number of ether oxygens (including phenoxy) is 4. The van der Waals surface area contributed by atoms with Crippen LogP contribution in [0.25, 0.3) is 0 Å². The van der Waals surface area contributed by atoms with Crippen molar-refractivity contribution in [2.24, 2.45) is 0 Å². The Labute approximate surface area is 656 Å². The van der Waals surface area contributed by atoms with Crippen molar-refractivity contribution in [3.8, 4) is 0 Å². The minimum absolute atomic E-state index is 0.0192. The van der Waals surface area contributed by atoms with Gasteiger partial charge < -0.3 is 33.8 Å². The summed E-state index contributed by atoms with van der Waals surface area (Å²) in [5.41, 5.74) is 0. The number of rotatable bonds is 79. The topological polar surface area (TPSA) is 237 Å². The monoisotopic (exact) mass is 1560 g/mol. The molecule has 0 heterocycles. The van der Waals surface area contributed by atoms with Gasteiger partial charge in [-0.3, -0.25) is 37.3 Å². The fraction of sp³-hybridized carbons (Fsp3) is 0.708. The Morgan fingerprint density at radius 3 is 0.815 bits per heavy atom. The van der Waals surface area contributed by atoms with Gasteiger partial charge in [-0.2, -0.15) is 0 Å². The third kappa shape index (κ3) is 79.3. The summed E-state index contributed by atoms with van der Waals surface area (Å²) in [7, 11) is -10.0. The molecule has 0 aliphatic carbocycles. The average Bonchev–Trinajstić information content (AvgIpc) is 0.900. The van der Waals surface area contributed by atoms with E-state index >= 15 is 0 Å². The van der Waals surface area contributed by atoms with Crippen molar-refractivity contribution >= 4 is 39.5 Å². The Bertz CT molecular complexity index is 2560. The zero-order valence-corrected chi connectivity index (χ0v) is 69.8. The standard InChI is InChI=1S/C89H152O17P2/c1-5-9-13-17-21-25-29-33-37-39-41-43-47-50-54-58-62-66-70-74-87(92)100-80-85(106-89(94)76-72-68-64-60-56-52-48-44-42-40-38-34-30-26-22-18-14-10-6-2)82-104-108(97,98)102-78-83(90)77-101-107(95,96)103-81-84(105-88(93)75-71-67-63-59-55-51-46-36-32-28-24-20-16-12-8-4)79-99-86(91)73-69-65-61-57-53-49-45-35-31-27-23-19-15-11-7-3/h10,14,21-22,25-26,33-34,37-38,41-44,50,52,54,56,62,64,66,68,83-85,90H,5-9,11-13,15-20,23-24,27-32,35-36,39-40,45-49,51,53,55,57-61,63,65,67,69-82H2,1-4H3,(H,95,96)(H,97,98)/b14-10-,25-21-,26-22-,37-33-,38-34-,43-41-,44-42-,54-50-,56-52-,66-62-,68-64-/t83-,84+,85+/m0/s1. The predicted octanol–water partition coefficient (Wildman–Crippen LogP) is 25.2. The number of hydrogen-bond donors (Lipinski definition) is 3. The van der Waals surface area contributed by atoms with Crippen LogP contribution in [-0.2, 0) is 65.4 Å². The number of carbonyl (C=O) groups excluding carboxylic acids is 4. The van der Waals surface area contributed by atoms with E-state index in [2.05, 4.69) is 125 Å². The molecule has 0 aromatic rings. The van der Waals surface area contributed by atoms with Crippen LogP contribution in [0.15, 0.2) is 134 Å². The van der Waals surface area contributed by atoms with E-state index in [0.717, 1.165) is 103 Å². The molecule has 0 saturated carbocycles. The number of allylic oxidation sites excluding steroid dienone is 22. The molecule has 0 aliphatic rings. The van der Waals surface area contributed by atoms with Gasteiger partial charge in [0, 0.05) is 25.7 Å². The summed E-state index contributed by atoms with van der Waals surface area (Å²) in [6.07, 6.45) is 91.6.